The Morgan fingerprint density at radius 3 is 2.53 bits per heavy atom. The fraction of sp³-hybridized carbons (Fsp3) is 0.647. The number of hydrogen-bond donors (Lipinski definition) is 1. The fourth-order valence-electron chi connectivity index (χ4n) is 2.93. The van der Waals surface area contributed by atoms with E-state index in [0.29, 0.717) is 0 Å². The number of benzene rings is 1. The van der Waals surface area contributed by atoms with Crippen molar-refractivity contribution in [1.82, 2.24) is 4.90 Å². The lowest BCUT2D eigenvalue weighted by atomic mass is 10.0. The Kier molecular flexibility index (Phi) is 5.00. The average Bonchev–Trinajstić information content (AvgIpc) is 2.63. The van der Waals surface area contributed by atoms with Gasteiger partial charge in [-0.15, -0.1) is 0 Å². The summed E-state index contributed by atoms with van der Waals surface area (Å²) in [5.41, 5.74) is 2.28. The molecule has 1 fully saturated rings. The lowest BCUT2D eigenvalue weighted by Crippen LogP contribution is -2.38. The Balaban J connectivity index is 2.01. The normalized spacial score (nSPS) is 24.7. The highest BCUT2D eigenvalue weighted by molar-refractivity contribution is 5.24. The van der Waals surface area contributed by atoms with E-state index in [4.69, 9.17) is 0 Å². The van der Waals surface area contributed by atoms with E-state index < -0.39 is 0 Å². The summed E-state index contributed by atoms with van der Waals surface area (Å²) >= 11 is 0. The predicted octanol–water partition coefficient (Wildman–Crippen LogP) is 3.54. The minimum atomic E-state index is -0.381. The molecule has 2 rings (SSSR count). The Bertz CT molecular complexity index is 387. The van der Waals surface area contributed by atoms with Gasteiger partial charge in [0, 0.05) is 6.04 Å². The summed E-state index contributed by atoms with van der Waals surface area (Å²) in [6.45, 7) is 8.81. The Morgan fingerprint density at radius 2 is 1.84 bits per heavy atom. The van der Waals surface area contributed by atoms with Crippen LogP contribution in [0.4, 0.5) is 0 Å². The van der Waals surface area contributed by atoms with Crippen LogP contribution in [0.1, 0.15) is 50.3 Å². The Hall–Kier alpha value is -0.860. The molecule has 1 aromatic rings. The van der Waals surface area contributed by atoms with Gasteiger partial charge >= 0.3 is 0 Å². The van der Waals surface area contributed by atoms with Gasteiger partial charge in [0.25, 0.3) is 0 Å². The predicted molar refractivity (Wildman–Crippen MR) is 80.2 cm³/mol. The van der Waals surface area contributed by atoms with E-state index in [-0.39, 0.29) is 12.1 Å². The van der Waals surface area contributed by atoms with Gasteiger partial charge in [-0.2, -0.15) is 0 Å². The molecule has 1 N–H and O–H groups in total. The third kappa shape index (κ3) is 3.80. The first-order chi connectivity index (χ1) is 9.08. The first-order valence-corrected chi connectivity index (χ1v) is 7.56. The van der Waals surface area contributed by atoms with E-state index in [0.717, 1.165) is 24.6 Å². The van der Waals surface area contributed by atoms with Gasteiger partial charge in [0.2, 0.25) is 0 Å². The van der Waals surface area contributed by atoms with Crippen molar-refractivity contribution >= 4 is 0 Å². The third-order valence-corrected chi connectivity index (χ3v) is 4.50. The second-order valence-electron chi connectivity index (χ2n) is 6.17. The van der Waals surface area contributed by atoms with Crippen molar-refractivity contribution in [3.63, 3.8) is 0 Å². The summed E-state index contributed by atoms with van der Waals surface area (Å²) in [6, 6.07) is 8.47. The number of rotatable bonds is 3. The van der Waals surface area contributed by atoms with E-state index in [9.17, 15) is 5.11 Å². The van der Waals surface area contributed by atoms with Gasteiger partial charge in [-0.05, 0) is 57.7 Å². The number of aliphatic hydroxyl groups excluding tert-OH is 1. The monoisotopic (exact) mass is 261 g/mol. The maximum absolute atomic E-state index is 10.5. The van der Waals surface area contributed by atoms with Crippen molar-refractivity contribution in [2.75, 3.05) is 13.1 Å². The highest BCUT2D eigenvalue weighted by Gasteiger charge is 2.24. The molecule has 1 aliphatic rings. The molecule has 1 saturated heterocycles. The summed E-state index contributed by atoms with van der Waals surface area (Å²) in [7, 11) is 0. The maximum atomic E-state index is 10.5. The second-order valence-corrected chi connectivity index (χ2v) is 6.17. The Morgan fingerprint density at radius 1 is 1.16 bits per heavy atom. The van der Waals surface area contributed by atoms with Crippen molar-refractivity contribution in [2.45, 2.75) is 52.2 Å². The molecule has 0 saturated carbocycles. The fourth-order valence-corrected chi connectivity index (χ4v) is 2.93. The maximum Gasteiger partial charge on any atom is 0.0942 e. The largest absolute Gasteiger partial charge is 0.387 e. The highest BCUT2D eigenvalue weighted by atomic mass is 16.3. The summed E-state index contributed by atoms with van der Waals surface area (Å²) < 4.78 is 0. The molecule has 2 heteroatoms. The van der Waals surface area contributed by atoms with Crippen LogP contribution in [0.3, 0.4) is 0 Å². The van der Waals surface area contributed by atoms with Gasteiger partial charge in [0.15, 0.2) is 0 Å². The molecular weight excluding hydrogens is 234 g/mol. The van der Waals surface area contributed by atoms with E-state index in [1.807, 2.05) is 0 Å². The van der Waals surface area contributed by atoms with Crippen LogP contribution in [0, 0.1) is 12.8 Å². The molecule has 106 valence electrons. The van der Waals surface area contributed by atoms with Gasteiger partial charge in [0.1, 0.15) is 0 Å². The van der Waals surface area contributed by atoms with Gasteiger partial charge in [0.05, 0.1) is 6.10 Å². The smallest absolute Gasteiger partial charge is 0.0942 e. The number of hydrogen-bond acceptors (Lipinski definition) is 2. The van der Waals surface area contributed by atoms with Crippen molar-refractivity contribution < 1.29 is 5.11 Å². The van der Waals surface area contributed by atoms with Gasteiger partial charge in [-0.25, -0.2) is 0 Å². The van der Waals surface area contributed by atoms with Crippen molar-refractivity contribution in [3.8, 4) is 0 Å². The molecule has 0 aromatic heterocycles. The number of likely N-dealkylation sites (tertiary alicyclic amines) is 1. The number of aliphatic hydroxyl groups is 1. The minimum absolute atomic E-state index is 0.202. The molecular formula is C17H27NO. The van der Waals surface area contributed by atoms with Crippen LogP contribution < -0.4 is 0 Å². The highest BCUT2D eigenvalue weighted by Crippen LogP contribution is 2.25. The van der Waals surface area contributed by atoms with Crippen molar-refractivity contribution in [3.05, 3.63) is 35.4 Å². The van der Waals surface area contributed by atoms with Crippen molar-refractivity contribution in [2.24, 2.45) is 5.92 Å². The molecule has 1 aromatic carbocycles. The zero-order valence-corrected chi connectivity index (χ0v) is 12.5. The van der Waals surface area contributed by atoms with Crippen LogP contribution in [-0.2, 0) is 0 Å². The van der Waals surface area contributed by atoms with Crippen molar-refractivity contribution in [1.29, 1.82) is 0 Å². The summed E-state index contributed by atoms with van der Waals surface area (Å²) in [6.07, 6.45) is 3.45. The van der Waals surface area contributed by atoms with Gasteiger partial charge in [-0.3, -0.25) is 4.90 Å². The molecule has 19 heavy (non-hydrogen) atoms. The van der Waals surface area contributed by atoms with Crippen LogP contribution in [0.5, 0.6) is 0 Å². The average molecular weight is 261 g/mol. The van der Waals surface area contributed by atoms with Gasteiger partial charge < -0.3 is 5.11 Å². The first kappa shape index (κ1) is 14.5. The number of aryl methyl sites for hydroxylation is 1. The van der Waals surface area contributed by atoms with Crippen LogP contribution in [-0.4, -0.2) is 29.1 Å². The summed E-state index contributed by atoms with van der Waals surface area (Å²) in [5.74, 6) is 0.828. The van der Waals surface area contributed by atoms with Crippen LogP contribution in [0.25, 0.3) is 0 Å². The van der Waals surface area contributed by atoms with E-state index in [1.54, 1.807) is 0 Å². The van der Waals surface area contributed by atoms with E-state index >= 15 is 0 Å². The zero-order chi connectivity index (χ0) is 13.8. The summed E-state index contributed by atoms with van der Waals surface area (Å²) in [4.78, 5) is 2.45. The van der Waals surface area contributed by atoms with E-state index in [1.165, 1.54) is 24.8 Å². The van der Waals surface area contributed by atoms with Gasteiger partial charge in [-0.1, -0.05) is 36.8 Å². The molecule has 3 atom stereocenters. The van der Waals surface area contributed by atoms with E-state index in [2.05, 4.69) is 49.9 Å². The second kappa shape index (κ2) is 6.53. The topological polar surface area (TPSA) is 23.5 Å². The molecule has 0 spiro atoms. The quantitative estimate of drug-likeness (QED) is 0.899. The molecule has 1 aliphatic heterocycles. The van der Waals surface area contributed by atoms with Crippen LogP contribution >= 0.6 is 0 Å². The molecule has 0 amide bonds. The Labute approximate surface area is 117 Å². The lowest BCUT2D eigenvalue weighted by molar-refractivity contribution is 0.0592. The summed E-state index contributed by atoms with van der Waals surface area (Å²) in [5, 5.41) is 10.5. The standard InChI is InChI=1S/C17H27NO/c1-13-5-4-11-18(12-10-13)15(3)17(19)16-8-6-14(2)7-9-16/h6-9,13,15,17,19H,4-5,10-12H2,1-3H3. The molecule has 0 aliphatic carbocycles. The lowest BCUT2D eigenvalue weighted by Gasteiger charge is -2.31. The molecule has 0 bridgehead atoms. The van der Waals surface area contributed by atoms with Crippen LogP contribution in [0.2, 0.25) is 0 Å². The first-order valence-electron chi connectivity index (χ1n) is 7.56. The molecule has 1 heterocycles. The third-order valence-electron chi connectivity index (χ3n) is 4.50. The molecule has 3 unspecified atom stereocenters. The zero-order valence-electron chi connectivity index (χ0n) is 12.5. The molecule has 2 nitrogen and oxygen atoms in total. The van der Waals surface area contributed by atoms with Crippen LogP contribution in [0.15, 0.2) is 24.3 Å². The minimum Gasteiger partial charge on any atom is -0.387 e. The SMILES string of the molecule is Cc1ccc(C(O)C(C)N2CCCC(C)CC2)cc1. The molecule has 0 radical (unpaired) electrons. The number of nitrogens with zero attached hydrogens (tertiary/aromatic N) is 1.